The van der Waals surface area contributed by atoms with Gasteiger partial charge in [-0.25, -0.2) is 14.5 Å². The van der Waals surface area contributed by atoms with Crippen LogP contribution in [0.5, 0.6) is 0 Å². The molecule has 1 aromatic heterocycles. The highest BCUT2D eigenvalue weighted by Crippen LogP contribution is 2.31. The molecule has 3 rings (SSSR count). The summed E-state index contributed by atoms with van der Waals surface area (Å²) in [4.78, 5) is 36.5. The zero-order valence-corrected chi connectivity index (χ0v) is 13.9. The van der Waals surface area contributed by atoms with Crippen LogP contribution < -0.4 is 0 Å². The van der Waals surface area contributed by atoms with Crippen LogP contribution in [0, 0.1) is 6.92 Å². The fourth-order valence-electron chi connectivity index (χ4n) is 2.35. The van der Waals surface area contributed by atoms with E-state index >= 15 is 0 Å². The van der Waals surface area contributed by atoms with E-state index in [4.69, 9.17) is 20.9 Å². The monoisotopic (exact) mass is 364 g/mol. The van der Waals surface area contributed by atoms with Gasteiger partial charge >= 0.3 is 12.1 Å². The first-order valence-electron chi connectivity index (χ1n) is 7.34. The Morgan fingerprint density at radius 3 is 2.80 bits per heavy atom. The second-order valence-corrected chi connectivity index (χ2v) is 5.59. The van der Waals surface area contributed by atoms with Gasteiger partial charge in [-0.2, -0.15) is 0 Å². The van der Waals surface area contributed by atoms with Crippen molar-refractivity contribution in [3.8, 4) is 11.3 Å². The van der Waals surface area contributed by atoms with E-state index < -0.39 is 24.6 Å². The first-order chi connectivity index (χ1) is 12.0. The minimum atomic E-state index is -0.797. The minimum Gasteiger partial charge on any atom is -0.452 e. The summed E-state index contributed by atoms with van der Waals surface area (Å²) in [7, 11) is 0. The molecule has 1 aliphatic rings. The van der Waals surface area contributed by atoms with Crippen LogP contribution in [0.15, 0.2) is 28.8 Å². The number of carbonyl (C=O) groups is 3. The minimum absolute atomic E-state index is 0.0740. The van der Waals surface area contributed by atoms with Gasteiger partial charge in [0.15, 0.2) is 6.61 Å². The summed E-state index contributed by atoms with van der Waals surface area (Å²) >= 11 is 6.13. The van der Waals surface area contributed by atoms with Crippen LogP contribution in [-0.2, 0) is 14.3 Å². The van der Waals surface area contributed by atoms with Crippen LogP contribution in [-0.4, -0.2) is 47.8 Å². The standard InChI is InChI=1S/C16H13ClN2O6/c1-9-13(14(18-25-9)10-4-2-3-5-11(10)17)15(21)24-8-12(20)19-6-7-23-16(19)22/h2-5H,6-8H2,1H3. The molecule has 130 valence electrons. The van der Waals surface area contributed by atoms with E-state index in [1.807, 2.05) is 0 Å². The third-order valence-corrected chi connectivity index (χ3v) is 3.91. The Balaban J connectivity index is 1.77. The van der Waals surface area contributed by atoms with Crippen molar-refractivity contribution < 1.29 is 28.4 Å². The summed E-state index contributed by atoms with van der Waals surface area (Å²) in [6.07, 6.45) is -0.751. The van der Waals surface area contributed by atoms with Crippen LogP contribution in [0.3, 0.4) is 0 Å². The highest BCUT2D eigenvalue weighted by molar-refractivity contribution is 6.33. The quantitative estimate of drug-likeness (QED) is 0.768. The second kappa shape index (κ2) is 6.94. The zero-order valence-electron chi connectivity index (χ0n) is 13.2. The van der Waals surface area contributed by atoms with Crippen molar-refractivity contribution in [1.82, 2.24) is 10.1 Å². The molecule has 2 heterocycles. The number of hydrogen-bond acceptors (Lipinski definition) is 7. The highest BCUT2D eigenvalue weighted by Gasteiger charge is 2.30. The van der Waals surface area contributed by atoms with Gasteiger partial charge in [-0.1, -0.05) is 35.0 Å². The van der Waals surface area contributed by atoms with E-state index in [2.05, 4.69) is 9.89 Å². The predicted octanol–water partition coefficient (Wildman–Crippen LogP) is 2.44. The number of hydrogen-bond donors (Lipinski definition) is 0. The van der Waals surface area contributed by atoms with E-state index in [0.717, 1.165) is 4.90 Å². The topological polar surface area (TPSA) is 98.9 Å². The smallest absolute Gasteiger partial charge is 0.416 e. The number of carbonyl (C=O) groups excluding carboxylic acids is 3. The average Bonchev–Trinajstić information content (AvgIpc) is 3.18. The van der Waals surface area contributed by atoms with Gasteiger partial charge in [-0.3, -0.25) is 4.79 Å². The Bertz CT molecular complexity index is 847. The number of aromatic nitrogens is 1. The molecule has 1 saturated heterocycles. The molecule has 0 N–H and O–H groups in total. The Labute approximate surface area is 147 Å². The molecule has 0 unspecified atom stereocenters. The number of esters is 1. The first-order valence-corrected chi connectivity index (χ1v) is 7.72. The average molecular weight is 365 g/mol. The first kappa shape index (κ1) is 17.0. The molecule has 9 heteroatoms. The van der Waals surface area contributed by atoms with Crippen molar-refractivity contribution in [2.75, 3.05) is 19.8 Å². The Hall–Kier alpha value is -2.87. The predicted molar refractivity (Wildman–Crippen MR) is 85.0 cm³/mol. The summed E-state index contributed by atoms with van der Waals surface area (Å²) in [5.41, 5.74) is 0.799. The number of halogens is 1. The lowest BCUT2D eigenvalue weighted by Gasteiger charge is -2.11. The van der Waals surface area contributed by atoms with E-state index in [9.17, 15) is 14.4 Å². The molecule has 8 nitrogen and oxygen atoms in total. The number of amides is 2. The number of aryl methyl sites for hydroxylation is 1. The molecule has 0 bridgehead atoms. The van der Waals surface area contributed by atoms with Crippen LogP contribution in [0.25, 0.3) is 11.3 Å². The molecule has 25 heavy (non-hydrogen) atoms. The van der Waals surface area contributed by atoms with Crippen molar-refractivity contribution in [3.05, 3.63) is 40.6 Å². The van der Waals surface area contributed by atoms with Gasteiger partial charge in [-0.15, -0.1) is 0 Å². The lowest BCUT2D eigenvalue weighted by molar-refractivity contribution is -0.131. The number of ether oxygens (including phenoxy) is 2. The maximum absolute atomic E-state index is 12.4. The van der Waals surface area contributed by atoms with Crippen LogP contribution in [0.2, 0.25) is 5.02 Å². The van der Waals surface area contributed by atoms with Crippen LogP contribution in [0.4, 0.5) is 4.79 Å². The number of imide groups is 1. The summed E-state index contributed by atoms with van der Waals surface area (Å²) < 4.78 is 14.7. The van der Waals surface area contributed by atoms with Gasteiger partial charge in [-0.05, 0) is 13.0 Å². The summed E-state index contributed by atoms with van der Waals surface area (Å²) in [6, 6.07) is 6.81. The van der Waals surface area contributed by atoms with E-state index in [-0.39, 0.29) is 30.2 Å². The van der Waals surface area contributed by atoms with Crippen molar-refractivity contribution in [3.63, 3.8) is 0 Å². The summed E-state index contributed by atoms with van der Waals surface area (Å²) in [5.74, 6) is -1.23. The summed E-state index contributed by atoms with van der Waals surface area (Å²) in [6.45, 7) is 1.20. The molecule has 2 aromatic rings. The molecule has 2 amide bonds. The Morgan fingerprint density at radius 1 is 1.36 bits per heavy atom. The third-order valence-electron chi connectivity index (χ3n) is 3.58. The molecule has 0 aliphatic carbocycles. The van der Waals surface area contributed by atoms with Gasteiger partial charge in [0.05, 0.1) is 11.6 Å². The fraction of sp³-hybridized carbons (Fsp3) is 0.250. The molecule has 0 saturated carbocycles. The van der Waals surface area contributed by atoms with Gasteiger partial charge in [0.2, 0.25) is 0 Å². The maximum Gasteiger partial charge on any atom is 0.416 e. The molecule has 1 aliphatic heterocycles. The molecular weight excluding hydrogens is 352 g/mol. The molecule has 1 aromatic carbocycles. The van der Waals surface area contributed by atoms with Gasteiger partial charge in [0, 0.05) is 5.56 Å². The number of cyclic esters (lactones) is 1. The van der Waals surface area contributed by atoms with Crippen molar-refractivity contribution in [2.24, 2.45) is 0 Å². The van der Waals surface area contributed by atoms with Crippen molar-refractivity contribution in [2.45, 2.75) is 6.92 Å². The number of rotatable bonds is 4. The van der Waals surface area contributed by atoms with Crippen LogP contribution in [0.1, 0.15) is 16.1 Å². The fourth-order valence-corrected chi connectivity index (χ4v) is 2.57. The lowest BCUT2D eigenvalue weighted by atomic mass is 10.1. The molecule has 1 fully saturated rings. The van der Waals surface area contributed by atoms with E-state index in [0.29, 0.717) is 10.6 Å². The van der Waals surface area contributed by atoms with Crippen molar-refractivity contribution in [1.29, 1.82) is 0 Å². The molecule has 0 radical (unpaired) electrons. The largest absolute Gasteiger partial charge is 0.452 e. The molecule has 0 spiro atoms. The Kier molecular flexibility index (Phi) is 4.71. The third kappa shape index (κ3) is 3.34. The SMILES string of the molecule is Cc1onc(-c2ccccc2Cl)c1C(=O)OCC(=O)N1CCOC1=O. The number of nitrogens with zero attached hydrogens (tertiary/aromatic N) is 2. The maximum atomic E-state index is 12.4. The summed E-state index contributed by atoms with van der Waals surface area (Å²) in [5, 5.41) is 4.24. The van der Waals surface area contributed by atoms with Gasteiger partial charge in [0.25, 0.3) is 5.91 Å². The molecule has 0 atom stereocenters. The van der Waals surface area contributed by atoms with E-state index in [1.54, 1.807) is 31.2 Å². The van der Waals surface area contributed by atoms with E-state index in [1.165, 1.54) is 0 Å². The lowest BCUT2D eigenvalue weighted by Crippen LogP contribution is -2.35. The van der Waals surface area contributed by atoms with Gasteiger partial charge in [0.1, 0.15) is 23.6 Å². The molecular formula is C16H13ClN2O6. The Morgan fingerprint density at radius 2 is 2.12 bits per heavy atom. The normalized spacial score (nSPS) is 13.7. The second-order valence-electron chi connectivity index (χ2n) is 5.18. The highest BCUT2D eigenvalue weighted by atomic mass is 35.5. The number of benzene rings is 1. The zero-order chi connectivity index (χ0) is 18.0. The van der Waals surface area contributed by atoms with Crippen molar-refractivity contribution >= 4 is 29.6 Å². The van der Waals surface area contributed by atoms with Gasteiger partial charge < -0.3 is 14.0 Å². The van der Waals surface area contributed by atoms with Crippen LogP contribution >= 0.6 is 11.6 Å².